The van der Waals surface area contributed by atoms with E-state index in [9.17, 15) is 9.59 Å². The molecule has 1 aliphatic carbocycles. The Hall–Kier alpha value is -3.07. The van der Waals surface area contributed by atoms with Crippen LogP contribution in [-0.4, -0.2) is 38.5 Å². The normalized spacial score (nSPS) is 12.5. The van der Waals surface area contributed by atoms with Crippen LogP contribution in [0.2, 0.25) is 0 Å². The first kappa shape index (κ1) is 21.6. The average molecular weight is 432 g/mol. The van der Waals surface area contributed by atoms with E-state index >= 15 is 0 Å². The average Bonchev–Trinajstić information content (AvgIpc) is 3.30. The molecule has 0 bridgehead atoms. The zero-order valence-corrected chi connectivity index (χ0v) is 18.1. The van der Waals surface area contributed by atoms with E-state index in [1.807, 2.05) is 6.92 Å². The molecule has 30 heavy (non-hydrogen) atoms. The molecule has 2 aromatic rings. The maximum absolute atomic E-state index is 12.4. The van der Waals surface area contributed by atoms with Crippen molar-refractivity contribution in [1.82, 2.24) is 5.43 Å². The summed E-state index contributed by atoms with van der Waals surface area (Å²) in [5.41, 5.74) is 4.60. The molecule has 1 heterocycles. The highest BCUT2D eigenvalue weighted by molar-refractivity contribution is 7.17. The fourth-order valence-corrected chi connectivity index (χ4v) is 4.52. The van der Waals surface area contributed by atoms with Crippen LogP contribution in [0.4, 0.5) is 9.80 Å². The van der Waals surface area contributed by atoms with Gasteiger partial charge < -0.3 is 14.2 Å². The van der Waals surface area contributed by atoms with Crippen LogP contribution in [0, 0.1) is 0 Å². The fourth-order valence-electron chi connectivity index (χ4n) is 3.25. The highest BCUT2D eigenvalue weighted by Crippen LogP contribution is 2.39. The molecule has 3 rings (SSSR count). The molecule has 1 aromatic carbocycles. The van der Waals surface area contributed by atoms with Gasteiger partial charge in [0, 0.05) is 4.88 Å². The van der Waals surface area contributed by atoms with Gasteiger partial charge in [0.1, 0.15) is 5.00 Å². The third-order valence-corrected chi connectivity index (χ3v) is 5.70. The Bertz CT molecular complexity index is 954. The molecule has 0 radical (unpaired) electrons. The van der Waals surface area contributed by atoms with E-state index in [0.29, 0.717) is 28.7 Å². The number of aryl methyl sites for hydroxylation is 1. The van der Waals surface area contributed by atoms with E-state index in [1.165, 1.54) is 17.6 Å². The van der Waals surface area contributed by atoms with Gasteiger partial charge >= 0.3 is 12.0 Å². The van der Waals surface area contributed by atoms with Gasteiger partial charge in [-0.05, 0) is 62.4 Å². The van der Waals surface area contributed by atoms with Gasteiger partial charge in [-0.25, -0.2) is 15.0 Å². The van der Waals surface area contributed by atoms with E-state index in [2.05, 4.69) is 15.8 Å². The summed E-state index contributed by atoms with van der Waals surface area (Å²) in [6.45, 7) is 4.47. The number of esters is 1. The molecule has 1 aliphatic rings. The topological polar surface area (TPSA) is 98.2 Å². The molecular weight excluding hydrogens is 406 g/mol. The number of amides is 2. The van der Waals surface area contributed by atoms with E-state index in [-0.39, 0.29) is 6.61 Å². The van der Waals surface area contributed by atoms with Crippen molar-refractivity contribution >= 4 is 34.6 Å². The highest BCUT2D eigenvalue weighted by atomic mass is 32.1. The van der Waals surface area contributed by atoms with Crippen LogP contribution < -0.4 is 20.2 Å². The number of nitrogens with one attached hydrogen (secondary N) is 2. The van der Waals surface area contributed by atoms with Gasteiger partial charge in [0.25, 0.3) is 0 Å². The van der Waals surface area contributed by atoms with Crippen LogP contribution in [0.1, 0.15) is 46.6 Å². The van der Waals surface area contributed by atoms with Crippen LogP contribution in [0.15, 0.2) is 23.3 Å². The zero-order chi connectivity index (χ0) is 21.5. The largest absolute Gasteiger partial charge is 0.493 e. The number of urea groups is 1. The minimum Gasteiger partial charge on any atom is -0.493 e. The van der Waals surface area contributed by atoms with Crippen molar-refractivity contribution in [2.75, 3.05) is 25.6 Å². The second-order valence-electron chi connectivity index (χ2n) is 6.45. The van der Waals surface area contributed by atoms with Crippen LogP contribution in [-0.2, 0) is 17.6 Å². The minimum absolute atomic E-state index is 0.283. The molecule has 160 valence electrons. The molecular formula is C21H25N3O5S. The summed E-state index contributed by atoms with van der Waals surface area (Å²) in [7, 11) is 1.56. The third kappa shape index (κ3) is 4.91. The van der Waals surface area contributed by atoms with Gasteiger partial charge in [0.15, 0.2) is 11.5 Å². The van der Waals surface area contributed by atoms with Gasteiger partial charge in [-0.2, -0.15) is 5.10 Å². The van der Waals surface area contributed by atoms with Crippen LogP contribution >= 0.6 is 11.3 Å². The van der Waals surface area contributed by atoms with Crippen molar-refractivity contribution in [1.29, 1.82) is 0 Å². The van der Waals surface area contributed by atoms with Gasteiger partial charge in [-0.15, -0.1) is 11.3 Å². The summed E-state index contributed by atoms with van der Waals surface area (Å²) in [6.07, 6.45) is 4.24. The lowest BCUT2D eigenvalue weighted by Crippen LogP contribution is -2.25. The molecule has 0 spiro atoms. The van der Waals surface area contributed by atoms with Crippen LogP contribution in [0.3, 0.4) is 0 Å². The number of hydrogen-bond acceptors (Lipinski definition) is 7. The monoisotopic (exact) mass is 431 g/mol. The lowest BCUT2D eigenvalue weighted by molar-refractivity contribution is 0.0527. The molecule has 9 heteroatoms. The number of anilines is 1. The van der Waals surface area contributed by atoms with Gasteiger partial charge in [-0.1, -0.05) is 0 Å². The first-order valence-corrected chi connectivity index (χ1v) is 10.6. The number of hydrogen-bond donors (Lipinski definition) is 2. The summed E-state index contributed by atoms with van der Waals surface area (Å²) in [5, 5.41) is 7.19. The van der Waals surface area contributed by atoms with Crippen molar-refractivity contribution < 1.29 is 23.8 Å². The quantitative estimate of drug-likeness (QED) is 0.374. The summed E-state index contributed by atoms with van der Waals surface area (Å²) in [5.74, 6) is 0.815. The first-order valence-electron chi connectivity index (χ1n) is 9.79. The number of carbonyl (C=O) groups excluding carboxylic acids is 2. The number of methoxy groups -OCH3 is 1. The number of rotatable bonds is 8. The van der Waals surface area contributed by atoms with Crippen molar-refractivity contribution in [2.45, 2.75) is 33.1 Å². The number of fused-ring (bicyclic) bond motifs is 1. The molecule has 2 N–H and O–H groups in total. The molecule has 0 atom stereocenters. The Morgan fingerprint density at radius 1 is 1.20 bits per heavy atom. The zero-order valence-electron chi connectivity index (χ0n) is 17.2. The van der Waals surface area contributed by atoms with E-state index in [0.717, 1.165) is 35.3 Å². The Kier molecular flexibility index (Phi) is 7.29. The predicted octanol–water partition coefficient (Wildman–Crippen LogP) is 3.98. The molecule has 1 aromatic heterocycles. The summed E-state index contributed by atoms with van der Waals surface area (Å²) < 4.78 is 15.9. The Morgan fingerprint density at radius 2 is 2.03 bits per heavy atom. The van der Waals surface area contributed by atoms with E-state index < -0.39 is 12.0 Å². The number of nitrogens with zero attached hydrogens (tertiary/aromatic N) is 1. The fraction of sp³-hybridized carbons (Fsp3) is 0.381. The van der Waals surface area contributed by atoms with Gasteiger partial charge in [0.2, 0.25) is 0 Å². The maximum atomic E-state index is 12.4. The van der Waals surface area contributed by atoms with Crippen molar-refractivity contribution in [3.63, 3.8) is 0 Å². The predicted molar refractivity (Wildman–Crippen MR) is 116 cm³/mol. The molecule has 8 nitrogen and oxygen atoms in total. The highest BCUT2D eigenvalue weighted by Gasteiger charge is 2.28. The van der Waals surface area contributed by atoms with Crippen molar-refractivity contribution in [3.8, 4) is 11.5 Å². The standard InChI is InChI=1S/C21H25N3O5S/c1-4-28-15-10-9-13(11-16(15)27-3)12-22-24-21(26)23-19-18(20(25)29-5-2)14-7-6-8-17(14)30-19/h9-12H,4-8H2,1-3H3,(H2,23,24,26). The molecule has 0 saturated heterocycles. The molecule has 0 unspecified atom stereocenters. The summed E-state index contributed by atoms with van der Waals surface area (Å²) in [6, 6.07) is 4.81. The Labute approximate surface area is 179 Å². The molecule has 2 amide bonds. The number of hydrazone groups is 1. The summed E-state index contributed by atoms with van der Waals surface area (Å²) >= 11 is 1.42. The van der Waals surface area contributed by atoms with E-state index in [4.69, 9.17) is 14.2 Å². The van der Waals surface area contributed by atoms with Gasteiger partial charge in [0.05, 0.1) is 32.1 Å². The Morgan fingerprint density at radius 3 is 2.77 bits per heavy atom. The van der Waals surface area contributed by atoms with Crippen LogP contribution in [0.25, 0.3) is 0 Å². The first-order chi connectivity index (χ1) is 14.6. The van der Waals surface area contributed by atoms with E-state index in [1.54, 1.807) is 32.2 Å². The van der Waals surface area contributed by atoms with Gasteiger partial charge in [-0.3, -0.25) is 5.32 Å². The lowest BCUT2D eigenvalue weighted by Gasteiger charge is -2.09. The number of thiophene rings is 1. The molecule has 0 saturated carbocycles. The maximum Gasteiger partial charge on any atom is 0.341 e. The number of ether oxygens (including phenoxy) is 3. The minimum atomic E-state index is -0.533. The number of carbonyl (C=O) groups is 2. The summed E-state index contributed by atoms with van der Waals surface area (Å²) in [4.78, 5) is 25.8. The Balaban J connectivity index is 1.66. The van der Waals surface area contributed by atoms with Crippen molar-refractivity contribution in [3.05, 3.63) is 39.8 Å². The smallest absolute Gasteiger partial charge is 0.341 e. The SMILES string of the molecule is CCOC(=O)c1c(NC(=O)NN=Cc2ccc(OCC)c(OC)c2)sc2c1CCC2. The second kappa shape index (κ2) is 10.1. The molecule has 0 fully saturated rings. The second-order valence-corrected chi connectivity index (χ2v) is 7.55. The van der Waals surface area contributed by atoms with Crippen LogP contribution in [0.5, 0.6) is 11.5 Å². The third-order valence-electron chi connectivity index (χ3n) is 4.50. The number of benzene rings is 1. The van der Waals surface area contributed by atoms with Crippen molar-refractivity contribution in [2.24, 2.45) is 5.10 Å². The molecule has 0 aliphatic heterocycles. The lowest BCUT2D eigenvalue weighted by atomic mass is 10.1.